The van der Waals surface area contributed by atoms with Crippen LogP contribution in [0.1, 0.15) is 11.1 Å². The van der Waals surface area contributed by atoms with Crippen LogP contribution in [0.25, 0.3) is 5.57 Å². The van der Waals surface area contributed by atoms with Crippen molar-refractivity contribution in [3.63, 3.8) is 0 Å². The summed E-state index contributed by atoms with van der Waals surface area (Å²) in [5.74, 6) is -0.812. The molecule has 3 rings (SSSR count). The minimum atomic E-state index is -0.527. The van der Waals surface area contributed by atoms with Gasteiger partial charge in [-0.3, -0.25) is 4.79 Å². The van der Waals surface area contributed by atoms with Gasteiger partial charge in [-0.05, 0) is 11.6 Å². The lowest BCUT2D eigenvalue weighted by Crippen LogP contribution is -2.07. The maximum Gasteiger partial charge on any atom is 0.331 e. The summed E-state index contributed by atoms with van der Waals surface area (Å²) in [6, 6.07) is 16.6. The molecular weight excluding hydrogens is 266 g/mol. The molecule has 0 atom stereocenters. The summed E-state index contributed by atoms with van der Waals surface area (Å²) in [4.78, 5) is 23.7. The lowest BCUT2D eigenvalue weighted by atomic mass is 10.1. The zero-order valence-corrected chi connectivity index (χ0v) is 11.2. The monoisotopic (exact) mass is 279 g/mol. The highest BCUT2D eigenvalue weighted by molar-refractivity contribution is 6.33. The first kappa shape index (κ1) is 13.1. The van der Waals surface area contributed by atoms with E-state index in [1.54, 1.807) is 12.1 Å². The van der Waals surface area contributed by atoms with Gasteiger partial charge in [0.05, 0.1) is 5.57 Å². The number of nitrogens with one attached hydrogen (secondary N) is 1. The van der Waals surface area contributed by atoms with Gasteiger partial charge in [0.25, 0.3) is 5.91 Å². The molecule has 1 amide bonds. The van der Waals surface area contributed by atoms with Gasteiger partial charge in [-0.25, -0.2) is 4.79 Å². The van der Waals surface area contributed by atoms with Gasteiger partial charge in [-0.2, -0.15) is 0 Å². The maximum atomic E-state index is 11.9. The molecule has 1 aliphatic heterocycles. The third-order valence-electron chi connectivity index (χ3n) is 3.20. The van der Waals surface area contributed by atoms with Gasteiger partial charge >= 0.3 is 5.97 Å². The first-order chi connectivity index (χ1) is 10.2. The fraction of sp³-hybridized carbons (Fsp3) is 0.0588. The molecule has 4 nitrogen and oxygen atoms in total. The van der Waals surface area contributed by atoms with Crippen molar-refractivity contribution in [1.82, 2.24) is 0 Å². The van der Waals surface area contributed by atoms with E-state index in [4.69, 9.17) is 4.74 Å². The highest BCUT2D eigenvalue weighted by atomic mass is 16.5. The first-order valence-corrected chi connectivity index (χ1v) is 6.57. The Kier molecular flexibility index (Phi) is 3.51. The first-order valence-electron chi connectivity index (χ1n) is 6.57. The maximum absolute atomic E-state index is 11.9. The van der Waals surface area contributed by atoms with Crippen molar-refractivity contribution < 1.29 is 14.3 Å². The highest BCUT2D eigenvalue weighted by Gasteiger charge is 2.24. The summed E-state index contributed by atoms with van der Waals surface area (Å²) in [5, 5.41) is 2.71. The van der Waals surface area contributed by atoms with E-state index in [1.165, 1.54) is 6.08 Å². The smallest absolute Gasteiger partial charge is 0.331 e. The predicted octanol–water partition coefficient (Wildman–Crippen LogP) is 2.77. The van der Waals surface area contributed by atoms with E-state index in [0.717, 1.165) is 11.1 Å². The van der Waals surface area contributed by atoms with Crippen molar-refractivity contribution in [3.8, 4) is 0 Å². The van der Waals surface area contributed by atoms with Crippen molar-refractivity contribution in [2.45, 2.75) is 6.61 Å². The Hall–Kier alpha value is -2.88. The molecule has 0 aromatic heterocycles. The summed E-state index contributed by atoms with van der Waals surface area (Å²) in [7, 11) is 0. The number of ether oxygens (including phenoxy) is 1. The molecule has 1 heterocycles. The molecule has 2 aromatic rings. The van der Waals surface area contributed by atoms with Crippen LogP contribution in [-0.2, 0) is 20.9 Å². The Morgan fingerprint density at radius 3 is 2.57 bits per heavy atom. The molecule has 0 saturated carbocycles. The second-order valence-corrected chi connectivity index (χ2v) is 4.65. The molecular formula is C17H13NO3. The molecule has 0 spiro atoms. The van der Waals surface area contributed by atoms with E-state index >= 15 is 0 Å². The molecule has 1 N–H and O–H groups in total. The van der Waals surface area contributed by atoms with Crippen LogP contribution in [0.4, 0.5) is 5.69 Å². The third kappa shape index (κ3) is 2.84. The van der Waals surface area contributed by atoms with Crippen LogP contribution in [0.15, 0.2) is 60.7 Å². The number of carbonyl (C=O) groups excluding carboxylic acids is 2. The van der Waals surface area contributed by atoms with Gasteiger partial charge in [-0.1, -0.05) is 48.5 Å². The zero-order chi connectivity index (χ0) is 14.7. The standard InChI is InChI=1S/C17H13NO3/c19-16(21-11-12-6-2-1-3-7-12)10-14-13-8-4-5-9-15(13)18-17(14)20/h1-10H,11H2,(H,18,20). The lowest BCUT2D eigenvalue weighted by Gasteiger charge is -2.02. The molecule has 0 saturated heterocycles. The Labute approximate surface area is 122 Å². The Morgan fingerprint density at radius 2 is 1.76 bits per heavy atom. The number of fused-ring (bicyclic) bond motifs is 1. The number of benzene rings is 2. The molecule has 0 bridgehead atoms. The second kappa shape index (κ2) is 5.63. The molecule has 21 heavy (non-hydrogen) atoms. The van der Waals surface area contributed by atoms with E-state index in [-0.39, 0.29) is 12.5 Å². The fourth-order valence-electron chi connectivity index (χ4n) is 2.17. The van der Waals surface area contributed by atoms with Crippen molar-refractivity contribution in [3.05, 3.63) is 71.8 Å². The normalized spacial score (nSPS) is 14.7. The quantitative estimate of drug-likeness (QED) is 0.694. The summed E-state index contributed by atoms with van der Waals surface area (Å²) in [5.41, 5.74) is 2.67. The number of rotatable bonds is 3. The Balaban J connectivity index is 1.73. The van der Waals surface area contributed by atoms with Gasteiger partial charge < -0.3 is 10.1 Å². The summed E-state index contributed by atoms with van der Waals surface area (Å²) in [6.45, 7) is 0.187. The molecule has 0 fully saturated rings. The fourth-order valence-corrected chi connectivity index (χ4v) is 2.17. The van der Waals surface area contributed by atoms with Gasteiger partial charge in [0, 0.05) is 17.3 Å². The molecule has 104 valence electrons. The topological polar surface area (TPSA) is 55.4 Å². The minimum Gasteiger partial charge on any atom is -0.458 e. The predicted molar refractivity (Wildman–Crippen MR) is 79.3 cm³/mol. The Morgan fingerprint density at radius 1 is 1.05 bits per heavy atom. The van der Waals surface area contributed by atoms with Crippen LogP contribution in [-0.4, -0.2) is 11.9 Å². The average Bonchev–Trinajstić information content (AvgIpc) is 2.82. The van der Waals surface area contributed by atoms with Crippen LogP contribution in [0.3, 0.4) is 0 Å². The van der Waals surface area contributed by atoms with E-state index in [0.29, 0.717) is 11.3 Å². The number of hydrogen-bond acceptors (Lipinski definition) is 3. The summed E-state index contributed by atoms with van der Waals surface area (Å²) >= 11 is 0. The molecule has 0 aliphatic carbocycles. The second-order valence-electron chi connectivity index (χ2n) is 4.65. The van der Waals surface area contributed by atoms with Crippen LogP contribution >= 0.6 is 0 Å². The average molecular weight is 279 g/mol. The van der Waals surface area contributed by atoms with E-state index in [2.05, 4.69) is 5.32 Å². The van der Waals surface area contributed by atoms with E-state index in [1.807, 2.05) is 42.5 Å². The van der Waals surface area contributed by atoms with Crippen LogP contribution < -0.4 is 5.32 Å². The number of carbonyl (C=O) groups is 2. The van der Waals surface area contributed by atoms with Crippen LogP contribution in [0.2, 0.25) is 0 Å². The summed E-state index contributed by atoms with van der Waals surface area (Å²) in [6.07, 6.45) is 1.24. The number of para-hydroxylation sites is 1. The Bertz CT molecular complexity index is 720. The number of esters is 1. The van der Waals surface area contributed by atoms with E-state index in [9.17, 15) is 9.59 Å². The number of anilines is 1. The molecule has 1 aliphatic rings. The lowest BCUT2D eigenvalue weighted by molar-refractivity contribution is -0.139. The van der Waals surface area contributed by atoms with E-state index < -0.39 is 5.97 Å². The van der Waals surface area contributed by atoms with Crippen molar-refractivity contribution in [1.29, 1.82) is 0 Å². The van der Waals surface area contributed by atoms with Gasteiger partial charge in [0.1, 0.15) is 6.61 Å². The highest BCUT2D eigenvalue weighted by Crippen LogP contribution is 2.31. The van der Waals surface area contributed by atoms with Crippen molar-refractivity contribution in [2.75, 3.05) is 5.32 Å². The van der Waals surface area contributed by atoms with Crippen molar-refractivity contribution in [2.24, 2.45) is 0 Å². The van der Waals surface area contributed by atoms with Crippen LogP contribution in [0.5, 0.6) is 0 Å². The third-order valence-corrected chi connectivity index (χ3v) is 3.20. The van der Waals surface area contributed by atoms with Gasteiger partial charge in [0.15, 0.2) is 0 Å². The van der Waals surface area contributed by atoms with Gasteiger partial charge in [0.2, 0.25) is 0 Å². The van der Waals surface area contributed by atoms with Crippen LogP contribution in [0, 0.1) is 0 Å². The molecule has 4 heteroatoms. The summed E-state index contributed by atoms with van der Waals surface area (Å²) < 4.78 is 5.16. The van der Waals surface area contributed by atoms with Gasteiger partial charge in [-0.15, -0.1) is 0 Å². The minimum absolute atomic E-state index is 0.187. The van der Waals surface area contributed by atoms with Crippen molar-refractivity contribution >= 4 is 23.1 Å². The zero-order valence-electron chi connectivity index (χ0n) is 11.2. The molecule has 0 unspecified atom stereocenters. The molecule has 0 radical (unpaired) electrons. The largest absolute Gasteiger partial charge is 0.458 e. The number of amides is 1. The number of hydrogen-bond donors (Lipinski definition) is 1. The SMILES string of the molecule is O=C(C=C1C(=O)Nc2ccccc21)OCc1ccccc1. The molecule has 2 aromatic carbocycles.